The Balaban J connectivity index is 1.94. The zero-order chi connectivity index (χ0) is 18.2. The molecule has 0 aromatic heterocycles. The number of piperidine rings is 1. The summed E-state index contributed by atoms with van der Waals surface area (Å²) < 4.78 is 10.4. The minimum atomic E-state index is -0.0637. The van der Waals surface area contributed by atoms with Crippen molar-refractivity contribution in [3.05, 3.63) is 23.8 Å². The molecule has 1 aromatic rings. The second kappa shape index (κ2) is 9.27. The van der Waals surface area contributed by atoms with Crippen LogP contribution in [0.15, 0.2) is 18.2 Å². The fourth-order valence-electron chi connectivity index (χ4n) is 2.91. The Morgan fingerprint density at radius 1 is 1.08 bits per heavy atom. The first kappa shape index (κ1) is 19.1. The van der Waals surface area contributed by atoms with E-state index in [1.54, 1.807) is 37.3 Å². The Morgan fingerprint density at radius 2 is 1.68 bits per heavy atom. The van der Waals surface area contributed by atoms with Crippen LogP contribution < -0.4 is 20.1 Å². The summed E-state index contributed by atoms with van der Waals surface area (Å²) in [7, 11) is 4.96. The Hall–Kier alpha value is -2.28. The van der Waals surface area contributed by atoms with Crippen LogP contribution in [-0.4, -0.2) is 64.2 Å². The molecule has 7 nitrogen and oxygen atoms in total. The molecular weight excluding hydrogens is 322 g/mol. The number of likely N-dealkylation sites (tertiary alicyclic amines) is 1. The van der Waals surface area contributed by atoms with Crippen molar-refractivity contribution in [2.75, 3.05) is 47.4 Å². The Morgan fingerprint density at radius 3 is 2.20 bits per heavy atom. The van der Waals surface area contributed by atoms with Crippen molar-refractivity contribution in [2.45, 2.75) is 12.8 Å². The van der Waals surface area contributed by atoms with Crippen LogP contribution in [0.5, 0.6) is 11.5 Å². The van der Waals surface area contributed by atoms with Gasteiger partial charge in [-0.05, 0) is 32.0 Å². The van der Waals surface area contributed by atoms with Crippen molar-refractivity contribution in [1.82, 2.24) is 15.5 Å². The largest absolute Gasteiger partial charge is 0.497 e. The number of nitrogens with zero attached hydrogens (tertiary/aromatic N) is 1. The lowest BCUT2D eigenvalue weighted by Crippen LogP contribution is -2.43. The topological polar surface area (TPSA) is 79.9 Å². The maximum atomic E-state index is 12.7. The molecule has 0 aliphatic carbocycles. The van der Waals surface area contributed by atoms with Crippen molar-refractivity contribution in [1.29, 1.82) is 0 Å². The Kier molecular flexibility index (Phi) is 7.06. The predicted molar refractivity (Wildman–Crippen MR) is 95.1 cm³/mol. The molecule has 0 unspecified atom stereocenters. The lowest BCUT2D eigenvalue weighted by Gasteiger charge is -2.31. The van der Waals surface area contributed by atoms with Gasteiger partial charge in [-0.15, -0.1) is 0 Å². The third-order valence-corrected chi connectivity index (χ3v) is 4.43. The first-order valence-electron chi connectivity index (χ1n) is 8.53. The fraction of sp³-hybridized carbons (Fsp3) is 0.556. The number of methoxy groups -OCH3 is 2. The van der Waals surface area contributed by atoms with Gasteiger partial charge < -0.3 is 25.0 Å². The van der Waals surface area contributed by atoms with Crippen LogP contribution in [0.25, 0.3) is 0 Å². The molecule has 0 atom stereocenters. The third-order valence-electron chi connectivity index (χ3n) is 4.43. The molecule has 0 saturated carbocycles. The molecule has 1 saturated heterocycles. The molecule has 2 rings (SSSR count). The minimum absolute atomic E-state index is 0.0271. The number of ether oxygens (including phenoxy) is 2. The highest BCUT2D eigenvalue weighted by molar-refractivity contribution is 5.95. The molecule has 2 amide bonds. The first-order chi connectivity index (χ1) is 12.1. The van der Waals surface area contributed by atoms with Crippen LogP contribution in [-0.2, 0) is 4.79 Å². The zero-order valence-corrected chi connectivity index (χ0v) is 15.1. The Labute approximate surface area is 148 Å². The molecule has 0 radical (unpaired) electrons. The van der Waals surface area contributed by atoms with E-state index in [1.165, 1.54) is 0 Å². The number of likely N-dealkylation sites (N-methyl/N-ethyl adjacent to an activating group) is 1. The van der Waals surface area contributed by atoms with Crippen LogP contribution in [0.4, 0.5) is 0 Å². The van der Waals surface area contributed by atoms with Crippen LogP contribution in [0.3, 0.4) is 0 Å². The fourth-order valence-corrected chi connectivity index (χ4v) is 2.91. The van der Waals surface area contributed by atoms with E-state index in [2.05, 4.69) is 10.6 Å². The highest BCUT2D eigenvalue weighted by atomic mass is 16.5. The standard InChI is InChI=1S/C18H27N3O4/c1-19-6-7-20-17(22)13-4-8-21(9-5-13)18(23)14-10-15(24-2)12-16(11-14)25-3/h10-13,19H,4-9H2,1-3H3,(H,20,22). The van der Waals surface area contributed by atoms with Gasteiger partial charge in [-0.3, -0.25) is 9.59 Å². The highest BCUT2D eigenvalue weighted by Gasteiger charge is 2.28. The maximum absolute atomic E-state index is 12.7. The van der Waals surface area contributed by atoms with Gasteiger partial charge in [0.05, 0.1) is 14.2 Å². The Bertz CT molecular complexity index is 576. The van der Waals surface area contributed by atoms with Crippen molar-refractivity contribution in [2.24, 2.45) is 5.92 Å². The van der Waals surface area contributed by atoms with Crippen LogP contribution in [0, 0.1) is 5.92 Å². The van der Waals surface area contributed by atoms with Crippen LogP contribution >= 0.6 is 0 Å². The normalized spacial score (nSPS) is 14.9. The van der Waals surface area contributed by atoms with Gasteiger partial charge in [-0.2, -0.15) is 0 Å². The molecule has 7 heteroatoms. The van der Waals surface area contributed by atoms with Crippen LogP contribution in [0.1, 0.15) is 23.2 Å². The van der Waals surface area contributed by atoms with Crippen molar-refractivity contribution < 1.29 is 19.1 Å². The second-order valence-electron chi connectivity index (χ2n) is 6.06. The molecule has 1 aliphatic heterocycles. The van der Waals surface area contributed by atoms with Gasteiger partial charge in [-0.25, -0.2) is 0 Å². The molecule has 0 bridgehead atoms. The van der Waals surface area contributed by atoms with Gasteiger partial charge in [0.15, 0.2) is 0 Å². The van der Waals surface area contributed by atoms with Gasteiger partial charge in [-0.1, -0.05) is 0 Å². The van der Waals surface area contributed by atoms with Gasteiger partial charge in [0.25, 0.3) is 5.91 Å². The van der Waals surface area contributed by atoms with E-state index < -0.39 is 0 Å². The number of hydrogen-bond donors (Lipinski definition) is 2. The van der Waals surface area contributed by atoms with Crippen molar-refractivity contribution in [3.63, 3.8) is 0 Å². The summed E-state index contributed by atoms with van der Waals surface area (Å²) >= 11 is 0. The van der Waals surface area contributed by atoms with Gasteiger partial charge in [0, 0.05) is 43.7 Å². The molecule has 1 fully saturated rings. The summed E-state index contributed by atoms with van der Waals surface area (Å²) in [4.78, 5) is 26.6. The first-order valence-corrected chi connectivity index (χ1v) is 8.53. The molecule has 1 aromatic carbocycles. The molecular formula is C18H27N3O4. The predicted octanol–water partition coefficient (Wildman–Crippen LogP) is 0.892. The van der Waals surface area contributed by atoms with E-state index in [-0.39, 0.29) is 17.7 Å². The summed E-state index contributed by atoms with van der Waals surface area (Å²) in [6.07, 6.45) is 1.36. The highest BCUT2D eigenvalue weighted by Crippen LogP contribution is 2.25. The number of carbonyl (C=O) groups is 2. The number of carbonyl (C=O) groups excluding carboxylic acids is 2. The lowest BCUT2D eigenvalue weighted by atomic mass is 9.95. The molecule has 1 heterocycles. The van der Waals surface area contributed by atoms with E-state index in [4.69, 9.17) is 9.47 Å². The average molecular weight is 349 g/mol. The third kappa shape index (κ3) is 5.09. The van der Waals surface area contributed by atoms with E-state index in [0.717, 1.165) is 6.54 Å². The molecule has 1 aliphatic rings. The summed E-state index contributed by atoms with van der Waals surface area (Å²) in [5.74, 6) is 1.15. The number of amides is 2. The lowest BCUT2D eigenvalue weighted by molar-refractivity contribution is -0.126. The molecule has 25 heavy (non-hydrogen) atoms. The monoisotopic (exact) mass is 349 g/mol. The summed E-state index contributed by atoms with van der Waals surface area (Å²) in [6.45, 7) is 2.52. The smallest absolute Gasteiger partial charge is 0.254 e. The second-order valence-corrected chi connectivity index (χ2v) is 6.06. The number of benzene rings is 1. The SMILES string of the molecule is CNCCNC(=O)C1CCN(C(=O)c2cc(OC)cc(OC)c2)CC1. The molecule has 2 N–H and O–H groups in total. The van der Waals surface area contributed by atoms with Crippen LogP contribution in [0.2, 0.25) is 0 Å². The maximum Gasteiger partial charge on any atom is 0.254 e. The van der Waals surface area contributed by atoms with Gasteiger partial charge in [0.1, 0.15) is 11.5 Å². The van der Waals surface area contributed by atoms with Crippen molar-refractivity contribution in [3.8, 4) is 11.5 Å². The minimum Gasteiger partial charge on any atom is -0.497 e. The number of rotatable bonds is 7. The molecule has 138 valence electrons. The van der Waals surface area contributed by atoms with Gasteiger partial charge >= 0.3 is 0 Å². The number of nitrogens with one attached hydrogen (secondary N) is 2. The summed E-state index contributed by atoms with van der Waals surface area (Å²) in [6, 6.07) is 5.15. The summed E-state index contributed by atoms with van der Waals surface area (Å²) in [5.41, 5.74) is 0.535. The van der Waals surface area contributed by atoms with E-state index in [1.807, 2.05) is 7.05 Å². The van der Waals surface area contributed by atoms with E-state index in [0.29, 0.717) is 49.5 Å². The van der Waals surface area contributed by atoms with E-state index >= 15 is 0 Å². The number of hydrogen-bond acceptors (Lipinski definition) is 5. The zero-order valence-electron chi connectivity index (χ0n) is 15.1. The summed E-state index contributed by atoms with van der Waals surface area (Å²) in [5, 5.41) is 5.92. The van der Waals surface area contributed by atoms with Crippen molar-refractivity contribution >= 4 is 11.8 Å². The van der Waals surface area contributed by atoms with E-state index in [9.17, 15) is 9.59 Å². The molecule has 0 spiro atoms. The quantitative estimate of drug-likeness (QED) is 0.715. The van der Waals surface area contributed by atoms with Gasteiger partial charge in [0.2, 0.25) is 5.91 Å². The average Bonchev–Trinajstić information content (AvgIpc) is 2.67.